The van der Waals surface area contributed by atoms with Gasteiger partial charge in [0.15, 0.2) is 0 Å². The summed E-state index contributed by atoms with van der Waals surface area (Å²) in [6, 6.07) is -0.193. The number of hydrogen-bond acceptors (Lipinski definition) is 4. The van der Waals surface area contributed by atoms with Crippen LogP contribution in [0.15, 0.2) is 0 Å². The quantitative estimate of drug-likeness (QED) is 0.630. The van der Waals surface area contributed by atoms with Gasteiger partial charge in [-0.25, -0.2) is 4.79 Å². The third-order valence-corrected chi connectivity index (χ3v) is 2.09. The highest BCUT2D eigenvalue weighted by Gasteiger charge is 2.38. The topological polar surface area (TPSA) is 104 Å². The van der Waals surface area contributed by atoms with Crippen molar-refractivity contribution in [2.75, 3.05) is 13.1 Å². The lowest BCUT2D eigenvalue weighted by molar-refractivity contribution is -0.192. The Bertz CT molecular complexity index is 289. The highest BCUT2D eigenvalue weighted by atomic mass is 19.4. The molecule has 0 radical (unpaired) electrons. The van der Waals surface area contributed by atoms with Crippen molar-refractivity contribution in [3.05, 3.63) is 0 Å². The van der Waals surface area contributed by atoms with Gasteiger partial charge < -0.3 is 15.9 Å². The van der Waals surface area contributed by atoms with Gasteiger partial charge in [-0.15, -0.1) is 0 Å². The molecule has 1 aliphatic rings. The number of alkyl halides is 3. The lowest BCUT2D eigenvalue weighted by atomic mass is 10.1. The highest BCUT2D eigenvalue weighted by molar-refractivity contribution is 5.73. The van der Waals surface area contributed by atoms with Crippen molar-refractivity contribution in [3.8, 4) is 0 Å². The van der Waals surface area contributed by atoms with E-state index in [9.17, 15) is 18.0 Å². The summed E-state index contributed by atoms with van der Waals surface area (Å²) in [5.74, 6) is -3.53. The fraction of sp³-hybridized carbons (Fsp3) is 0.750. The summed E-state index contributed by atoms with van der Waals surface area (Å²) in [7, 11) is 0. The first-order valence-electron chi connectivity index (χ1n) is 4.58. The fourth-order valence-electron chi connectivity index (χ4n) is 1.02. The van der Waals surface area contributed by atoms with Crippen LogP contribution in [0.3, 0.4) is 0 Å². The molecule has 1 atom stereocenters. The minimum absolute atomic E-state index is 0.182. The molecule has 0 amide bonds. The van der Waals surface area contributed by atoms with Crippen molar-refractivity contribution in [1.29, 1.82) is 0 Å². The van der Waals surface area contributed by atoms with Crippen molar-refractivity contribution in [2.45, 2.75) is 25.2 Å². The van der Waals surface area contributed by atoms with Gasteiger partial charge in [0.1, 0.15) is 6.04 Å². The molecular formula is C8H13F3N2O4. The van der Waals surface area contributed by atoms with E-state index in [1.54, 1.807) is 6.92 Å². The van der Waals surface area contributed by atoms with Gasteiger partial charge in [-0.3, -0.25) is 9.69 Å². The zero-order valence-electron chi connectivity index (χ0n) is 8.94. The Labute approximate surface area is 94.8 Å². The summed E-state index contributed by atoms with van der Waals surface area (Å²) in [6.45, 7) is 3.11. The number of halogens is 3. The second kappa shape index (κ2) is 5.82. The first kappa shape index (κ1) is 15.7. The van der Waals surface area contributed by atoms with Gasteiger partial charge in [-0.05, 0) is 6.92 Å². The van der Waals surface area contributed by atoms with E-state index in [4.69, 9.17) is 20.7 Å². The summed E-state index contributed by atoms with van der Waals surface area (Å²) in [5, 5.41) is 15.6. The van der Waals surface area contributed by atoms with Crippen molar-refractivity contribution in [2.24, 2.45) is 5.73 Å². The molecule has 0 aliphatic carbocycles. The van der Waals surface area contributed by atoms with Crippen molar-refractivity contribution in [3.63, 3.8) is 0 Å². The largest absolute Gasteiger partial charge is 0.490 e. The fourth-order valence-corrected chi connectivity index (χ4v) is 1.02. The van der Waals surface area contributed by atoms with E-state index in [-0.39, 0.29) is 12.1 Å². The van der Waals surface area contributed by atoms with Crippen LogP contribution < -0.4 is 5.73 Å². The van der Waals surface area contributed by atoms with Crippen LogP contribution in [0, 0.1) is 0 Å². The van der Waals surface area contributed by atoms with E-state index in [2.05, 4.69) is 0 Å². The SMILES string of the molecule is CC(C(=O)O)N1CC(N)C1.O=C(O)C(F)(F)F. The number of carboxylic acids is 2. The maximum absolute atomic E-state index is 10.6. The van der Waals surface area contributed by atoms with Gasteiger partial charge >= 0.3 is 18.1 Å². The monoisotopic (exact) mass is 258 g/mol. The summed E-state index contributed by atoms with van der Waals surface area (Å²) >= 11 is 0. The number of likely N-dealkylation sites (tertiary alicyclic amines) is 1. The molecule has 1 saturated heterocycles. The maximum Gasteiger partial charge on any atom is 0.490 e. The Hall–Kier alpha value is -1.35. The Balaban J connectivity index is 0.000000325. The molecule has 4 N–H and O–H groups in total. The molecule has 1 aliphatic heterocycles. The first-order valence-corrected chi connectivity index (χ1v) is 4.58. The van der Waals surface area contributed by atoms with Crippen LogP contribution >= 0.6 is 0 Å². The van der Waals surface area contributed by atoms with Gasteiger partial charge in [0.05, 0.1) is 0 Å². The lowest BCUT2D eigenvalue weighted by Gasteiger charge is -2.39. The molecule has 1 unspecified atom stereocenters. The molecule has 9 heteroatoms. The van der Waals surface area contributed by atoms with Crippen LogP contribution in [0.25, 0.3) is 0 Å². The Kier molecular flexibility index (Phi) is 5.36. The van der Waals surface area contributed by atoms with Crippen LogP contribution in [-0.4, -0.2) is 58.4 Å². The molecule has 100 valence electrons. The number of carboxylic acid groups (broad SMARTS) is 2. The van der Waals surface area contributed by atoms with E-state index in [1.807, 2.05) is 4.90 Å². The predicted molar refractivity (Wildman–Crippen MR) is 50.3 cm³/mol. The Morgan fingerprint density at radius 1 is 1.35 bits per heavy atom. The molecule has 0 aromatic heterocycles. The number of carbonyl (C=O) groups is 2. The summed E-state index contributed by atoms with van der Waals surface area (Å²) in [5.41, 5.74) is 5.47. The Morgan fingerprint density at radius 2 is 1.71 bits per heavy atom. The van der Waals surface area contributed by atoms with Gasteiger partial charge in [0.25, 0.3) is 0 Å². The van der Waals surface area contributed by atoms with Crippen LogP contribution in [0.1, 0.15) is 6.92 Å². The summed E-state index contributed by atoms with van der Waals surface area (Å²) in [6.07, 6.45) is -5.08. The van der Waals surface area contributed by atoms with E-state index in [1.165, 1.54) is 0 Å². The zero-order chi connectivity index (χ0) is 13.8. The van der Waals surface area contributed by atoms with E-state index < -0.39 is 18.1 Å². The molecule has 1 fully saturated rings. The molecular weight excluding hydrogens is 245 g/mol. The standard InChI is InChI=1S/C6H12N2O2.C2HF3O2/c1-4(6(9)10)8-2-5(7)3-8;3-2(4,5)1(6)7/h4-5H,2-3,7H2,1H3,(H,9,10);(H,6,7). The number of hydrogen-bond donors (Lipinski definition) is 3. The van der Waals surface area contributed by atoms with Crippen LogP contribution in [0.5, 0.6) is 0 Å². The number of rotatable bonds is 2. The average Bonchev–Trinajstić information content (AvgIpc) is 2.11. The molecule has 1 heterocycles. The van der Waals surface area contributed by atoms with Gasteiger partial charge in [-0.2, -0.15) is 13.2 Å². The molecule has 0 spiro atoms. The maximum atomic E-state index is 10.6. The highest BCUT2D eigenvalue weighted by Crippen LogP contribution is 2.13. The zero-order valence-corrected chi connectivity index (χ0v) is 8.94. The second-order valence-corrected chi connectivity index (χ2v) is 3.53. The van der Waals surface area contributed by atoms with Gasteiger partial charge in [0, 0.05) is 19.1 Å². The summed E-state index contributed by atoms with van der Waals surface area (Å²) < 4.78 is 31.7. The minimum atomic E-state index is -5.08. The first-order chi connectivity index (χ1) is 7.55. The second-order valence-electron chi connectivity index (χ2n) is 3.53. The molecule has 0 aromatic rings. The molecule has 0 bridgehead atoms. The van der Waals surface area contributed by atoms with Gasteiger partial charge in [0.2, 0.25) is 0 Å². The average molecular weight is 258 g/mol. The normalized spacial score (nSPS) is 18.6. The van der Waals surface area contributed by atoms with Crippen molar-refractivity contribution >= 4 is 11.9 Å². The van der Waals surface area contributed by atoms with E-state index in [0.29, 0.717) is 13.1 Å². The number of aliphatic carboxylic acids is 2. The van der Waals surface area contributed by atoms with Crippen LogP contribution in [0.2, 0.25) is 0 Å². The predicted octanol–water partition coefficient (Wildman–Crippen LogP) is -0.264. The van der Waals surface area contributed by atoms with E-state index in [0.717, 1.165) is 0 Å². The van der Waals surface area contributed by atoms with Crippen LogP contribution in [0.4, 0.5) is 13.2 Å². The molecule has 0 aromatic carbocycles. The van der Waals surface area contributed by atoms with Crippen LogP contribution in [-0.2, 0) is 9.59 Å². The Morgan fingerprint density at radius 3 is 1.88 bits per heavy atom. The smallest absolute Gasteiger partial charge is 0.480 e. The van der Waals surface area contributed by atoms with Gasteiger partial charge in [-0.1, -0.05) is 0 Å². The molecule has 0 saturated carbocycles. The molecule has 17 heavy (non-hydrogen) atoms. The number of nitrogens with zero attached hydrogens (tertiary/aromatic N) is 1. The molecule has 6 nitrogen and oxygen atoms in total. The lowest BCUT2D eigenvalue weighted by Crippen LogP contribution is -2.60. The van der Waals surface area contributed by atoms with Crippen molar-refractivity contribution in [1.82, 2.24) is 4.90 Å². The third-order valence-electron chi connectivity index (χ3n) is 2.09. The third kappa shape index (κ3) is 5.50. The number of nitrogens with two attached hydrogens (primary N) is 1. The van der Waals surface area contributed by atoms with E-state index >= 15 is 0 Å². The molecule has 1 rings (SSSR count). The van der Waals surface area contributed by atoms with Crippen molar-refractivity contribution < 1.29 is 33.0 Å². The summed E-state index contributed by atoms with van der Waals surface area (Å²) in [4.78, 5) is 21.1. The minimum Gasteiger partial charge on any atom is -0.480 e.